The number of benzene rings is 7. The van der Waals surface area contributed by atoms with Gasteiger partial charge in [-0.25, -0.2) is 9.97 Å². The lowest BCUT2D eigenvalue weighted by Crippen LogP contribution is -2.03. The van der Waals surface area contributed by atoms with Crippen LogP contribution >= 0.6 is 11.3 Å². The minimum absolute atomic E-state index is 0.671. The largest absolute Gasteiger partial charge is 0.309 e. The van der Waals surface area contributed by atoms with Crippen LogP contribution in [0.3, 0.4) is 0 Å². The van der Waals surface area contributed by atoms with E-state index in [-0.39, 0.29) is 0 Å². The molecule has 4 aromatic heterocycles. The fourth-order valence-electron chi connectivity index (χ4n) is 7.81. The molecule has 0 aliphatic carbocycles. The number of hydrogen-bond acceptors (Lipinski definition) is 3. The second-order valence-corrected chi connectivity index (χ2v) is 13.7. The molecule has 0 aliphatic heterocycles. The lowest BCUT2D eigenvalue weighted by atomic mass is 10.0. The van der Waals surface area contributed by atoms with Gasteiger partial charge in [0, 0.05) is 42.9 Å². The fourth-order valence-corrected chi connectivity index (χ4v) is 8.95. The summed E-state index contributed by atoms with van der Waals surface area (Å²) in [6, 6.07) is 56.4. The maximum Gasteiger partial charge on any atom is 0.235 e. The van der Waals surface area contributed by atoms with Crippen LogP contribution in [0, 0.1) is 0 Å². The van der Waals surface area contributed by atoms with E-state index < -0.39 is 0 Å². The average molecular weight is 643 g/mol. The zero-order chi connectivity index (χ0) is 32.1. The van der Waals surface area contributed by atoms with Gasteiger partial charge in [0.15, 0.2) is 0 Å². The topological polar surface area (TPSA) is 35.6 Å². The summed E-state index contributed by atoms with van der Waals surface area (Å²) in [5.41, 5.74) is 8.69. The van der Waals surface area contributed by atoms with Gasteiger partial charge >= 0.3 is 0 Å². The van der Waals surface area contributed by atoms with Crippen molar-refractivity contribution in [1.82, 2.24) is 19.1 Å². The molecule has 0 atom stereocenters. The molecule has 0 unspecified atom stereocenters. The molecule has 0 saturated carbocycles. The second-order valence-electron chi connectivity index (χ2n) is 12.6. The van der Waals surface area contributed by atoms with Gasteiger partial charge in [0.2, 0.25) is 5.95 Å². The van der Waals surface area contributed by atoms with Crippen LogP contribution in [0.25, 0.3) is 97.6 Å². The highest BCUT2D eigenvalue weighted by Crippen LogP contribution is 2.42. The average Bonchev–Trinajstić information content (AvgIpc) is 3.82. The summed E-state index contributed by atoms with van der Waals surface area (Å²) in [4.78, 5) is 10.9. The Labute approximate surface area is 284 Å². The highest BCUT2D eigenvalue weighted by molar-refractivity contribution is 7.26. The maximum absolute atomic E-state index is 5.51. The quantitative estimate of drug-likeness (QED) is 0.192. The number of nitrogens with zero attached hydrogens (tertiary/aromatic N) is 4. The van der Waals surface area contributed by atoms with E-state index in [0.717, 1.165) is 43.6 Å². The Balaban J connectivity index is 1.26. The van der Waals surface area contributed by atoms with Crippen molar-refractivity contribution in [3.05, 3.63) is 158 Å². The van der Waals surface area contributed by atoms with E-state index >= 15 is 0 Å². The molecule has 0 fully saturated rings. The molecule has 4 heterocycles. The normalized spacial score (nSPS) is 12.1. The van der Waals surface area contributed by atoms with Gasteiger partial charge in [-0.05, 0) is 47.2 Å². The maximum atomic E-state index is 5.51. The van der Waals surface area contributed by atoms with Crippen LogP contribution in [-0.2, 0) is 0 Å². The van der Waals surface area contributed by atoms with E-state index in [4.69, 9.17) is 9.97 Å². The summed E-state index contributed by atoms with van der Waals surface area (Å²) < 4.78 is 6.96. The van der Waals surface area contributed by atoms with E-state index in [1.165, 1.54) is 48.1 Å². The van der Waals surface area contributed by atoms with Crippen molar-refractivity contribution in [1.29, 1.82) is 0 Å². The van der Waals surface area contributed by atoms with Crippen LogP contribution in [-0.4, -0.2) is 19.1 Å². The predicted molar refractivity (Wildman–Crippen MR) is 207 cm³/mol. The van der Waals surface area contributed by atoms with E-state index in [1.807, 2.05) is 0 Å². The molecule has 0 bridgehead atoms. The van der Waals surface area contributed by atoms with Crippen molar-refractivity contribution in [2.75, 3.05) is 0 Å². The van der Waals surface area contributed by atoms with E-state index in [1.54, 1.807) is 11.3 Å². The molecule has 0 N–H and O–H groups in total. The highest BCUT2D eigenvalue weighted by atomic mass is 32.1. The number of fused-ring (bicyclic) bond motifs is 10. The van der Waals surface area contributed by atoms with Gasteiger partial charge < -0.3 is 4.57 Å². The minimum Gasteiger partial charge on any atom is -0.309 e. The molecule has 228 valence electrons. The number of thiophene rings is 1. The Morgan fingerprint density at radius 2 is 1.00 bits per heavy atom. The molecule has 0 spiro atoms. The Hall–Kier alpha value is -6.30. The molecule has 5 heteroatoms. The zero-order valence-corrected chi connectivity index (χ0v) is 27.0. The SMILES string of the molecule is c1ccc2c(-c3nc(-n4c5ccccc5c5ccc(-n6c7ccccc7c7ccccc76)cc54)nc4c3sc3ccccc34)cccc2c1. The molecule has 0 aliphatic rings. The predicted octanol–water partition coefficient (Wildman–Crippen LogP) is 11.9. The van der Waals surface area contributed by atoms with Crippen LogP contribution in [0.5, 0.6) is 0 Å². The van der Waals surface area contributed by atoms with Crippen LogP contribution < -0.4 is 0 Å². The molecule has 11 rings (SSSR count). The molecule has 49 heavy (non-hydrogen) atoms. The molecule has 0 radical (unpaired) electrons. The summed E-state index contributed by atoms with van der Waals surface area (Å²) in [6.07, 6.45) is 0. The number of rotatable bonds is 3. The molecule has 11 aromatic rings. The van der Waals surface area contributed by atoms with Gasteiger partial charge in [-0.15, -0.1) is 11.3 Å². The summed E-state index contributed by atoms with van der Waals surface area (Å²) in [6.45, 7) is 0. The van der Waals surface area contributed by atoms with Gasteiger partial charge in [-0.1, -0.05) is 121 Å². The number of aromatic nitrogens is 4. The molecule has 7 aromatic carbocycles. The van der Waals surface area contributed by atoms with Crippen LogP contribution in [0.15, 0.2) is 158 Å². The summed E-state index contributed by atoms with van der Waals surface area (Å²) in [7, 11) is 0. The number of hydrogen-bond donors (Lipinski definition) is 0. The van der Waals surface area contributed by atoms with Gasteiger partial charge in [0.1, 0.15) is 0 Å². The Kier molecular flexibility index (Phi) is 5.51. The number of para-hydroxylation sites is 3. The lowest BCUT2D eigenvalue weighted by molar-refractivity contribution is 1.02. The van der Waals surface area contributed by atoms with Crippen LogP contribution in [0.4, 0.5) is 0 Å². The molecular formula is C44H26N4S. The van der Waals surface area contributed by atoms with Crippen LogP contribution in [0.1, 0.15) is 0 Å². The van der Waals surface area contributed by atoms with Gasteiger partial charge in [0.05, 0.1) is 38.0 Å². The first-order valence-electron chi connectivity index (χ1n) is 16.5. The minimum atomic E-state index is 0.671. The zero-order valence-electron chi connectivity index (χ0n) is 26.2. The van der Waals surface area contributed by atoms with Gasteiger partial charge in [-0.3, -0.25) is 4.57 Å². The Morgan fingerprint density at radius 1 is 0.429 bits per heavy atom. The van der Waals surface area contributed by atoms with Crippen molar-refractivity contribution in [2.24, 2.45) is 0 Å². The third-order valence-corrected chi connectivity index (χ3v) is 11.1. The van der Waals surface area contributed by atoms with Crippen molar-refractivity contribution in [3.8, 4) is 22.9 Å². The summed E-state index contributed by atoms with van der Waals surface area (Å²) >= 11 is 1.77. The molecular weight excluding hydrogens is 617 g/mol. The van der Waals surface area contributed by atoms with E-state index in [0.29, 0.717) is 5.95 Å². The fraction of sp³-hybridized carbons (Fsp3) is 0. The van der Waals surface area contributed by atoms with Gasteiger partial charge in [0.25, 0.3) is 0 Å². The van der Waals surface area contributed by atoms with E-state index in [9.17, 15) is 0 Å². The lowest BCUT2D eigenvalue weighted by Gasteiger charge is -2.13. The monoisotopic (exact) mass is 642 g/mol. The highest BCUT2D eigenvalue weighted by Gasteiger charge is 2.21. The van der Waals surface area contributed by atoms with E-state index in [2.05, 4.69) is 167 Å². The summed E-state index contributed by atoms with van der Waals surface area (Å²) in [5.74, 6) is 0.671. The standard InChI is InChI=1S/C44H26N4S/c1-2-14-29-27(12-1)13-11-19-34(29)41-43-42(35-18-6-10-23-40(35)49-43)46-44(45-41)48-38-22-9-5-17-32(38)33-25-24-28(26-39(33)48)47-36-20-7-3-15-30(36)31-16-4-8-21-37(31)47/h1-26H. The smallest absolute Gasteiger partial charge is 0.235 e. The Bertz CT molecular complexity index is 3070. The Morgan fingerprint density at radius 3 is 1.73 bits per heavy atom. The second kappa shape index (κ2) is 10.1. The first-order valence-corrected chi connectivity index (χ1v) is 17.3. The van der Waals surface area contributed by atoms with Gasteiger partial charge in [-0.2, -0.15) is 0 Å². The first-order chi connectivity index (χ1) is 24.3. The van der Waals surface area contributed by atoms with Crippen LogP contribution in [0.2, 0.25) is 0 Å². The third kappa shape index (κ3) is 3.79. The van der Waals surface area contributed by atoms with Crippen molar-refractivity contribution >= 4 is 86.0 Å². The first kappa shape index (κ1) is 26.7. The molecule has 0 saturated heterocycles. The summed E-state index contributed by atoms with van der Waals surface area (Å²) in [5, 5.41) is 8.38. The molecule has 4 nitrogen and oxygen atoms in total. The van der Waals surface area contributed by atoms with Crippen molar-refractivity contribution in [2.45, 2.75) is 0 Å². The van der Waals surface area contributed by atoms with Crippen molar-refractivity contribution in [3.63, 3.8) is 0 Å². The van der Waals surface area contributed by atoms with Crippen molar-refractivity contribution < 1.29 is 0 Å². The molecule has 0 amide bonds. The third-order valence-electron chi connectivity index (χ3n) is 9.95.